The van der Waals surface area contributed by atoms with E-state index in [0.29, 0.717) is 12.6 Å². The zero-order valence-electron chi connectivity index (χ0n) is 12.1. The number of rotatable bonds is 5. The molecule has 3 aromatic rings. The number of benzene rings is 1. The maximum absolute atomic E-state index is 9.42. The SMILES string of the molecule is OCCN(c1nc(-c2ccsc2)nc2ccccc12)C1CC1. The number of fused-ring (bicyclic) bond motifs is 1. The molecule has 1 aliphatic carbocycles. The van der Waals surface area contributed by atoms with Crippen LogP contribution < -0.4 is 4.90 Å². The van der Waals surface area contributed by atoms with E-state index in [1.165, 1.54) is 12.8 Å². The fourth-order valence-corrected chi connectivity index (χ4v) is 3.39. The highest BCUT2D eigenvalue weighted by Gasteiger charge is 2.31. The molecule has 0 saturated heterocycles. The Bertz CT molecular complexity index is 784. The first-order valence-corrected chi connectivity index (χ1v) is 8.48. The summed E-state index contributed by atoms with van der Waals surface area (Å²) in [5.74, 6) is 1.71. The molecule has 22 heavy (non-hydrogen) atoms. The van der Waals surface area contributed by atoms with E-state index in [2.05, 4.69) is 16.3 Å². The Morgan fingerprint density at radius 2 is 2.05 bits per heavy atom. The minimum absolute atomic E-state index is 0.141. The van der Waals surface area contributed by atoms with E-state index in [4.69, 9.17) is 9.97 Å². The van der Waals surface area contributed by atoms with Gasteiger partial charge in [0.2, 0.25) is 0 Å². The number of nitrogens with zero attached hydrogens (tertiary/aromatic N) is 3. The van der Waals surface area contributed by atoms with E-state index in [-0.39, 0.29) is 6.61 Å². The molecule has 1 aromatic carbocycles. The molecule has 112 valence electrons. The molecule has 0 aliphatic heterocycles. The number of aromatic nitrogens is 2. The summed E-state index contributed by atoms with van der Waals surface area (Å²) in [6.07, 6.45) is 2.35. The van der Waals surface area contributed by atoms with Crippen LogP contribution in [0.5, 0.6) is 0 Å². The first-order valence-electron chi connectivity index (χ1n) is 7.53. The Balaban J connectivity index is 1.90. The third-order valence-corrected chi connectivity index (χ3v) is 4.65. The highest BCUT2D eigenvalue weighted by atomic mass is 32.1. The molecule has 1 N–H and O–H groups in total. The average Bonchev–Trinajstić information content (AvgIpc) is 3.24. The standard InChI is InChI=1S/C17H17N3OS/c21-9-8-20(13-5-6-13)17-14-3-1-2-4-15(14)18-16(19-17)12-7-10-22-11-12/h1-4,7,10-11,13,21H,5-6,8-9H2. The third kappa shape index (κ3) is 2.46. The van der Waals surface area contributed by atoms with Gasteiger partial charge in [-0.3, -0.25) is 0 Å². The van der Waals surface area contributed by atoms with Gasteiger partial charge in [0.25, 0.3) is 0 Å². The topological polar surface area (TPSA) is 49.2 Å². The van der Waals surface area contributed by atoms with Crippen molar-refractivity contribution >= 4 is 28.1 Å². The normalized spacial score (nSPS) is 14.4. The molecular weight excluding hydrogens is 294 g/mol. The summed E-state index contributed by atoms with van der Waals surface area (Å²) in [5.41, 5.74) is 2.01. The van der Waals surface area contributed by atoms with Gasteiger partial charge >= 0.3 is 0 Å². The Morgan fingerprint density at radius 1 is 1.18 bits per heavy atom. The zero-order valence-corrected chi connectivity index (χ0v) is 13.0. The Labute approximate surface area is 133 Å². The van der Waals surface area contributed by atoms with E-state index in [9.17, 15) is 5.11 Å². The maximum atomic E-state index is 9.42. The first-order chi connectivity index (χ1) is 10.9. The minimum Gasteiger partial charge on any atom is -0.395 e. The molecule has 2 aromatic heterocycles. The molecule has 0 radical (unpaired) electrons. The second kappa shape index (κ2) is 5.66. The summed E-state index contributed by atoms with van der Waals surface area (Å²) in [4.78, 5) is 11.8. The summed E-state index contributed by atoms with van der Waals surface area (Å²) in [6, 6.07) is 10.7. The molecule has 2 heterocycles. The van der Waals surface area contributed by atoms with Crippen molar-refractivity contribution in [1.82, 2.24) is 9.97 Å². The molecule has 1 saturated carbocycles. The van der Waals surface area contributed by atoms with Crippen molar-refractivity contribution < 1.29 is 5.11 Å². The van der Waals surface area contributed by atoms with E-state index < -0.39 is 0 Å². The largest absolute Gasteiger partial charge is 0.395 e. The number of hydrogen-bond acceptors (Lipinski definition) is 5. The molecule has 0 unspecified atom stereocenters. The van der Waals surface area contributed by atoms with Crippen LogP contribution in [0, 0.1) is 0 Å². The van der Waals surface area contributed by atoms with Crippen LogP contribution in [0.3, 0.4) is 0 Å². The number of para-hydroxylation sites is 1. The van der Waals surface area contributed by atoms with Crippen molar-refractivity contribution in [1.29, 1.82) is 0 Å². The van der Waals surface area contributed by atoms with Gasteiger partial charge in [-0.2, -0.15) is 11.3 Å². The lowest BCUT2D eigenvalue weighted by Gasteiger charge is -2.24. The van der Waals surface area contributed by atoms with Crippen LogP contribution in [0.25, 0.3) is 22.3 Å². The van der Waals surface area contributed by atoms with E-state index in [1.54, 1.807) is 11.3 Å². The van der Waals surface area contributed by atoms with Gasteiger partial charge in [-0.25, -0.2) is 9.97 Å². The molecule has 1 fully saturated rings. The molecule has 0 spiro atoms. The Kier molecular flexibility index (Phi) is 3.52. The predicted molar refractivity (Wildman–Crippen MR) is 90.3 cm³/mol. The van der Waals surface area contributed by atoms with Crippen molar-refractivity contribution in [2.75, 3.05) is 18.1 Å². The predicted octanol–water partition coefficient (Wildman–Crippen LogP) is 3.32. The summed E-state index contributed by atoms with van der Waals surface area (Å²) < 4.78 is 0. The number of aliphatic hydroxyl groups is 1. The van der Waals surface area contributed by atoms with Gasteiger partial charge in [0.05, 0.1) is 12.1 Å². The summed E-state index contributed by atoms with van der Waals surface area (Å²) in [7, 11) is 0. The number of anilines is 1. The lowest BCUT2D eigenvalue weighted by molar-refractivity contribution is 0.301. The summed E-state index contributed by atoms with van der Waals surface area (Å²) >= 11 is 1.65. The van der Waals surface area contributed by atoms with Crippen LogP contribution in [0.15, 0.2) is 41.1 Å². The lowest BCUT2D eigenvalue weighted by atomic mass is 10.2. The van der Waals surface area contributed by atoms with Crippen LogP contribution in [0.2, 0.25) is 0 Å². The zero-order chi connectivity index (χ0) is 14.9. The molecule has 1 aliphatic rings. The second-order valence-electron chi connectivity index (χ2n) is 5.55. The molecular formula is C17H17N3OS. The van der Waals surface area contributed by atoms with E-state index in [1.807, 2.05) is 29.6 Å². The molecule has 0 amide bonds. The van der Waals surface area contributed by atoms with Gasteiger partial charge in [0.1, 0.15) is 5.82 Å². The second-order valence-corrected chi connectivity index (χ2v) is 6.33. The van der Waals surface area contributed by atoms with Crippen LogP contribution >= 0.6 is 11.3 Å². The molecule has 0 atom stereocenters. The number of aliphatic hydroxyl groups excluding tert-OH is 1. The number of thiophene rings is 1. The first kappa shape index (κ1) is 13.7. The number of hydrogen-bond donors (Lipinski definition) is 1. The minimum atomic E-state index is 0.141. The van der Waals surface area contributed by atoms with Crippen LogP contribution in [-0.2, 0) is 0 Å². The van der Waals surface area contributed by atoms with Crippen LogP contribution in [0.1, 0.15) is 12.8 Å². The van der Waals surface area contributed by atoms with Crippen molar-refractivity contribution in [3.8, 4) is 11.4 Å². The Hall–Kier alpha value is -1.98. The van der Waals surface area contributed by atoms with Gasteiger partial charge < -0.3 is 10.0 Å². The van der Waals surface area contributed by atoms with Gasteiger partial charge in [0, 0.05) is 28.9 Å². The molecule has 0 bridgehead atoms. The highest BCUT2D eigenvalue weighted by Crippen LogP contribution is 2.35. The summed E-state index contributed by atoms with van der Waals surface area (Å²) in [6.45, 7) is 0.761. The van der Waals surface area contributed by atoms with E-state index in [0.717, 1.165) is 28.1 Å². The molecule has 5 heteroatoms. The molecule has 4 rings (SSSR count). The fourth-order valence-electron chi connectivity index (χ4n) is 2.75. The maximum Gasteiger partial charge on any atom is 0.162 e. The van der Waals surface area contributed by atoms with Gasteiger partial charge in [-0.1, -0.05) is 12.1 Å². The quantitative estimate of drug-likeness (QED) is 0.785. The van der Waals surface area contributed by atoms with Crippen LogP contribution in [0.4, 0.5) is 5.82 Å². The van der Waals surface area contributed by atoms with Crippen LogP contribution in [-0.4, -0.2) is 34.3 Å². The van der Waals surface area contributed by atoms with Crippen molar-refractivity contribution in [3.05, 3.63) is 41.1 Å². The smallest absolute Gasteiger partial charge is 0.162 e. The van der Waals surface area contributed by atoms with Gasteiger partial charge in [0.15, 0.2) is 5.82 Å². The monoisotopic (exact) mass is 311 g/mol. The van der Waals surface area contributed by atoms with E-state index >= 15 is 0 Å². The summed E-state index contributed by atoms with van der Waals surface area (Å²) in [5, 5.41) is 14.6. The molecule has 4 nitrogen and oxygen atoms in total. The third-order valence-electron chi connectivity index (χ3n) is 3.96. The van der Waals surface area contributed by atoms with Crippen molar-refractivity contribution in [2.45, 2.75) is 18.9 Å². The lowest BCUT2D eigenvalue weighted by Crippen LogP contribution is -2.30. The Morgan fingerprint density at radius 3 is 2.77 bits per heavy atom. The van der Waals surface area contributed by atoms with Crippen molar-refractivity contribution in [3.63, 3.8) is 0 Å². The highest BCUT2D eigenvalue weighted by molar-refractivity contribution is 7.08. The fraction of sp³-hybridized carbons (Fsp3) is 0.294. The van der Waals surface area contributed by atoms with Crippen molar-refractivity contribution in [2.24, 2.45) is 0 Å². The van der Waals surface area contributed by atoms with Gasteiger partial charge in [-0.05, 0) is 36.4 Å². The average molecular weight is 311 g/mol. The van der Waals surface area contributed by atoms with Gasteiger partial charge in [-0.15, -0.1) is 0 Å².